The fourth-order valence-corrected chi connectivity index (χ4v) is 3.76. The van der Waals surface area contributed by atoms with Crippen molar-refractivity contribution in [3.05, 3.63) is 29.8 Å². The van der Waals surface area contributed by atoms with Crippen LogP contribution >= 0.6 is 36.6 Å². The predicted octanol–water partition coefficient (Wildman–Crippen LogP) is 2.31. The molecule has 2 aromatic rings. The van der Waals surface area contributed by atoms with Gasteiger partial charge >= 0.3 is 0 Å². The number of hydrogen-bond donors (Lipinski definition) is 2. The van der Waals surface area contributed by atoms with Crippen LogP contribution in [0.15, 0.2) is 18.2 Å². The van der Waals surface area contributed by atoms with Gasteiger partial charge in [0.05, 0.1) is 11.0 Å². The Kier molecular flexibility index (Phi) is 8.99. The van der Waals surface area contributed by atoms with Crippen LogP contribution in [0.5, 0.6) is 0 Å². The number of aryl methyl sites for hydroxylation is 1. The van der Waals surface area contributed by atoms with Gasteiger partial charge in [0.2, 0.25) is 5.91 Å². The van der Waals surface area contributed by atoms with Gasteiger partial charge in [0, 0.05) is 56.6 Å². The maximum absolute atomic E-state index is 13.2. The van der Waals surface area contributed by atoms with Crippen molar-refractivity contribution >= 4 is 53.5 Å². The number of benzene rings is 1. The third-order valence-corrected chi connectivity index (χ3v) is 5.17. The molecule has 2 N–H and O–H groups in total. The molecule has 25 heavy (non-hydrogen) atoms. The Bertz CT molecular complexity index is 707. The number of amides is 1. The summed E-state index contributed by atoms with van der Waals surface area (Å²) in [6, 6.07) is 4.87. The zero-order valence-corrected chi connectivity index (χ0v) is 16.4. The first kappa shape index (κ1) is 22.0. The molecule has 1 aromatic heterocycles. The highest BCUT2D eigenvalue weighted by atomic mass is 35.5. The maximum atomic E-state index is 13.2. The smallest absolute Gasteiger partial charge is 0.221 e. The third kappa shape index (κ3) is 5.74. The lowest BCUT2D eigenvalue weighted by atomic mass is 10.2. The molecule has 9 heteroatoms. The molecule has 0 saturated carbocycles. The van der Waals surface area contributed by atoms with Crippen molar-refractivity contribution in [3.63, 3.8) is 0 Å². The number of halogens is 3. The summed E-state index contributed by atoms with van der Waals surface area (Å²) in [6.45, 7) is 1.51. The Labute approximate surface area is 163 Å². The molecule has 5 nitrogen and oxygen atoms in total. The van der Waals surface area contributed by atoms with E-state index in [0.29, 0.717) is 24.9 Å². The number of aromatic nitrogens is 2. The molecule has 1 saturated heterocycles. The summed E-state index contributed by atoms with van der Waals surface area (Å²) in [4.78, 5) is 16.4. The summed E-state index contributed by atoms with van der Waals surface area (Å²) in [6.07, 6.45) is 1.14. The second-order valence-corrected chi connectivity index (χ2v) is 6.90. The maximum Gasteiger partial charge on any atom is 0.221 e. The highest BCUT2D eigenvalue weighted by Crippen LogP contribution is 2.16. The van der Waals surface area contributed by atoms with Crippen molar-refractivity contribution in [2.24, 2.45) is 7.05 Å². The Morgan fingerprint density at radius 1 is 1.48 bits per heavy atom. The SMILES string of the molecule is Cl.Cl.Cn1c(CCNC(=O)CC2CSCCN2)nc2cc(F)ccc21. The number of imidazole rings is 1. The molecule has 2 heterocycles. The first-order valence-electron chi connectivity index (χ1n) is 7.82. The molecule has 140 valence electrons. The fraction of sp³-hybridized carbons (Fsp3) is 0.500. The van der Waals surface area contributed by atoms with Crippen LogP contribution in [-0.4, -0.2) is 46.1 Å². The van der Waals surface area contributed by atoms with E-state index in [-0.39, 0.29) is 42.6 Å². The molecular weight excluding hydrogens is 386 g/mol. The lowest BCUT2D eigenvalue weighted by Crippen LogP contribution is -2.41. The van der Waals surface area contributed by atoms with Gasteiger partial charge in [0.25, 0.3) is 0 Å². The van der Waals surface area contributed by atoms with Crippen LogP contribution in [0.1, 0.15) is 12.2 Å². The number of nitrogens with one attached hydrogen (secondary N) is 2. The van der Waals surface area contributed by atoms with Crippen LogP contribution < -0.4 is 10.6 Å². The number of carbonyl (C=O) groups is 1. The van der Waals surface area contributed by atoms with Crippen LogP contribution in [0.2, 0.25) is 0 Å². The van der Waals surface area contributed by atoms with Gasteiger partial charge in [-0.05, 0) is 12.1 Å². The quantitative estimate of drug-likeness (QED) is 0.796. The average Bonchev–Trinajstić information content (AvgIpc) is 2.84. The topological polar surface area (TPSA) is 59.0 Å². The Hall–Kier alpha value is -1.02. The van der Waals surface area contributed by atoms with Gasteiger partial charge in [-0.15, -0.1) is 24.8 Å². The highest BCUT2D eigenvalue weighted by Gasteiger charge is 2.16. The van der Waals surface area contributed by atoms with Crippen LogP contribution in [0.25, 0.3) is 11.0 Å². The number of rotatable bonds is 5. The third-order valence-electron chi connectivity index (χ3n) is 4.04. The normalized spacial score (nSPS) is 16.8. The summed E-state index contributed by atoms with van der Waals surface area (Å²) < 4.78 is 15.2. The molecule has 0 bridgehead atoms. The van der Waals surface area contributed by atoms with E-state index in [1.54, 1.807) is 6.07 Å². The van der Waals surface area contributed by atoms with Crippen molar-refractivity contribution in [1.29, 1.82) is 0 Å². The van der Waals surface area contributed by atoms with E-state index < -0.39 is 0 Å². The zero-order valence-electron chi connectivity index (χ0n) is 14.0. The second-order valence-electron chi connectivity index (χ2n) is 5.75. The number of hydrogen-bond acceptors (Lipinski definition) is 4. The molecule has 0 radical (unpaired) electrons. The van der Waals surface area contributed by atoms with Crippen LogP contribution in [0, 0.1) is 5.82 Å². The zero-order chi connectivity index (χ0) is 16.2. The van der Waals surface area contributed by atoms with Crippen molar-refractivity contribution in [2.75, 3.05) is 24.6 Å². The summed E-state index contributed by atoms with van der Waals surface area (Å²) in [5, 5.41) is 6.30. The molecular formula is C16H23Cl2FN4OS. The van der Waals surface area contributed by atoms with Crippen molar-refractivity contribution < 1.29 is 9.18 Å². The molecule has 1 aliphatic heterocycles. The van der Waals surface area contributed by atoms with Gasteiger partial charge in [-0.25, -0.2) is 9.37 Å². The molecule has 1 aromatic carbocycles. The lowest BCUT2D eigenvalue weighted by Gasteiger charge is -2.22. The van der Waals surface area contributed by atoms with Gasteiger partial charge in [0.1, 0.15) is 11.6 Å². The largest absolute Gasteiger partial charge is 0.356 e. The van der Waals surface area contributed by atoms with E-state index in [1.807, 2.05) is 23.4 Å². The first-order chi connectivity index (χ1) is 11.1. The highest BCUT2D eigenvalue weighted by molar-refractivity contribution is 7.99. The van der Waals surface area contributed by atoms with Crippen LogP contribution in [0.4, 0.5) is 4.39 Å². The van der Waals surface area contributed by atoms with Gasteiger partial charge in [-0.1, -0.05) is 0 Å². The minimum Gasteiger partial charge on any atom is -0.356 e. The summed E-state index contributed by atoms with van der Waals surface area (Å²) in [5.41, 5.74) is 1.55. The van der Waals surface area contributed by atoms with Gasteiger partial charge in [0.15, 0.2) is 0 Å². The number of carbonyl (C=O) groups excluding carboxylic acids is 1. The van der Waals surface area contributed by atoms with E-state index in [1.165, 1.54) is 12.1 Å². The number of nitrogens with zero attached hydrogens (tertiary/aromatic N) is 2. The number of fused-ring (bicyclic) bond motifs is 1. The van der Waals surface area contributed by atoms with Gasteiger partial charge < -0.3 is 15.2 Å². The standard InChI is InChI=1S/C16H21FN4OS.2ClH/c1-21-14-3-2-11(17)8-13(14)20-15(21)4-5-19-16(22)9-12-10-23-7-6-18-12;;/h2-3,8,12,18H,4-7,9-10H2,1H3,(H,19,22);2*1H. The lowest BCUT2D eigenvalue weighted by molar-refractivity contribution is -0.121. The predicted molar refractivity (Wildman–Crippen MR) is 106 cm³/mol. The summed E-state index contributed by atoms with van der Waals surface area (Å²) in [5.74, 6) is 2.73. The van der Waals surface area contributed by atoms with E-state index in [9.17, 15) is 9.18 Å². The fourth-order valence-electron chi connectivity index (χ4n) is 2.81. The van der Waals surface area contributed by atoms with Gasteiger partial charge in [-0.2, -0.15) is 11.8 Å². The van der Waals surface area contributed by atoms with Crippen LogP contribution in [-0.2, 0) is 18.3 Å². The first-order valence-corrected chi connectivity index (χ1v) is 8.97. The van der Waals surface area contributed by atoms with Gasteiger partial charge in [-0.3, -0.25) is 4.79 Å². The van der Waals surface area contributed by atoms with E-state index in [4.69, 9.17) is 0 Å². The minimum absolute atomic E-state index is 0. The summed E-state index contributed by atoms with van der Waals surface area (Å²) >= 11 is 1.88. The van der Waals surface area contributed by atoms with Crippen molar-refractivity contribution in [1.82, 2.24) is 20.2 Å². The molecule has 1 amide bonds. The van der Waals surface area contributed by atoms with E-state index in [2.05, 4.69) is 15.6 Å². The van der Waals surface area contributed by atoms with E-state index in [0.717, 1.165) is 29.4 Å². The molecule has 1 unspecified atom stereocenters. The van der Waals surface area contributed by atoms with Crippen molar-refractivity contribution in [2.45, 2.75) is 18.9 Å². The molecule has 1 fully saturated rings. The Morgan fingerprint density at radius 2 is 2.28 bits per heavy atom. The molecule has 0 aliphatic carbocycles. The molecule has 3 rings (SSSR count). The average molecular weight is 409 g/mol. The monoisotopic (exact) mass is 408 g/mol. The molecule has 1 atom stereocenters. The molecule has 0 spiro atoms. The minimum atomic E-state index is -0.284. The van der Waals surface area contributed by atoms with Crippen LogP contribution in [0.3, 0.4) is 0 Å². The summed E-state index contributed by atoms with van der Waals surface area (Å²) in [7, 11) is 1.91. The van der Waals surface area contributed by atoms with Crippen molar-refractivity contribution in [3.8, 4) is 0 Å². The Balaban J connectivity index is 0.00000156. The Morgan fingerprint density at radius 3 is 3.00 bits per heavy atom. The van der Waals surface area contributed by atoms with E-state index >= 15 is 0 Å². The second kappa shape index (κ2) is 10.2. The number of thioether (sulfide) groups is 1. The molecule has 1 aliphatic rings.